The highest BCUT2D eigenvalue weighted by molar-refractivity contribution is 5.33. The lowest BCUT2D eigenvalue weighted by molar-refractivity contribution is 0.544. The van der Waals surface area contributed by atoms with E-state index in [-0.39, 0.29) is 6.04 Å². The van der Waals surface area contributed by atoms with Gasteiger partial charge in [0.05, 0.1) is 6.54 Å². The Hall–Kier alpha value is -1.55. The van der Waals surface area contributed by atoms with Crippen molar-refractivity contribution in [3.63, 3.8) is 0 Å². The van der Waals surface area contributed by atoms with Crippen molar-refractivity contribution in [2.24, 2.45) is 5.73 Å². The molecule has 1 atom stereocenters. The van der Waals surface area contributed by atoms with Crippen molar-refractivity contribution in [1.82, 2.24) is 14.5 Å². The molecule has 0 saturated carbocycles. The van der Waals surface area contributed by atoms with Crippen LogP contribution in [0.25, 0.3) is 0 Å². The number of hydrogen-bond acceptors (Lipinski definition) is 2. The summed E-state index contributed by atoms with van der Waals surface area (Å²) in [5, 5.41) is 0. The van der Waals surface area contributed by atoms with Gasteiger partial charge in [0.1, 0.15) is 5.82 Å². The first-order valence-corrected chi connectivity index (χ1v) is 6.18. The second kappa shape index (κ2) is 4.04. The predicted octanol–water partition coefficient (Wildman–Crippen LogP) is 1.90. The summed E-state index contributed by atoms with van der Waals surface area (Å²) in [4.78, 5) is 7.45. The maximum absolute atomic E-state index is 6.17. The number of aryl methyl sites for hydroxylation is 1. The van der Waals surface area contributed by atoms with E-state index < -0.39 is 0 Å². The van der Waals surface area contributed by atoms with Gasteiger partial charge in [0.25, 0.3) is 0 Å². The van der Waals surface area contributed by atoms with Crippen LogP contribution in [0.3, 0.4) is 0 Å². The maximum atomic E-state index is 6.17. The molecular weight excluding hydrogens is 212 g/mol. The smallest absolute Gasteiger partial charge is 0.126 e. The van der Waals surface area contributed by atoms with E-state index in [4.69, 9.17) is 5.73 Å². The minimum atomic E-state index is 0.218. The molecule has 2 heterocycles. The standard InChI is InChI=1S/C13H18N4/c1-9-7-10-11(14)3-2-4-12(10)17(9)8-13-15-5-6-16-13/h5-7,11H,2-4,8,14H2,1H3,(H,15,16). The Morgan fingerprint density at radius 2 is 2.47 bits per heavy atom. The fourth-order valence-electron chi connectivity index (χ4n) is 2.75. The summed E-state index contributed by atoms with van der Waals surface area (Å²) in [6.45, 7) is 2.97. The van der Waals surface area contributed by atoms with Crippen LogP contribution in [-0.4, -0.2) is 14.5 Å². The Kier molecular flexibility index (Phi) is 2.52. The van der Waals surface area contributed by atoms with E-state index in [9.17, 15) is 0 Å². The van der Waals surface area contributed by atoms with Crippen molar-refractivity contribution in [2.75, 3.05) is 0 Å². The van der Waals surface area contributed by atoms with Crippen LogP contribution in [0.2, 0.25) is 0 Å². The van der Waals surface area contributed by atoms with Gasteiger partial charge >= 0.3 is 0 Å². The molecule has 4 nitrogen and oxygen atoms in total. The Labute approximate surface area is 101 Å². The average molecular weight is 230 g/mol. The van der Waals surface area contributed by atoms with Crippen molar-refractivity contribution >= 4 is 0 Å². The number of rotatable bonds is 2. The number of nitrogens with one attached hydrogen (secondary N) is 1. The van der Waals surface area contributed by atoms with E-state index in [0.717, 1.165) is 25.2 Å². The van der Waals surface area contributed by atoms with E-state index >= 15 is 0 Å². The highest BCUT2D eigenvalue weighted by Gasteiger charge is 2.22. The topological polar surface area (TPSA) is 59.6 Å². The first-order chi connectivity index (χ1) is 8.25. The van der Waals surface area contributed by atoms with Gasteiger partial charge in [-0.2, -0.15) is 0 Å². The quantitative estimate of drug-likeness (QED) is 0.827. The SMILES string of the molecule is Cc1cc2c(n1Cc1ncc[nH]1)CCCC2N. The van der Waals surface area contributed by atoms with Gasteiger partial charge in [-0.3, -0.25) is 0 Å². The molecule has 0 radical (unpaired) electrons. The third-order valence-electron chi connectivity index (χ3n) is 3.64. The molecule has 0 aromatic carbocycles. The van der Waals surface area contributed by atoms with Crippen LogP contribution in [-0.2, 0) is 13.0 Å². The Bertz CT molecular complexity index is 510. The predicted molar refractivity (Wildman–Crippen MR) is 66.7 cm³/mol. The zero-order valence-electron chi connectivity index (χ0n) is 10.1. The highest BCUT2D eigenvalue weighted by Crippen LogP contribution is 2.30. The fraction of sp³-hybridized carbons (Fsp3) is 0.462. The van der Waals surface area contributed by atoms with Gasteiger partial charge in [-0.25, -0.2) is 4.98 Å². The zero-order chi connectivity index (χ0) is 11.8. The fourth-order valence-corrected chi connectivity index (χ4v) is 2.75. The second-order valence-electron chi connectivity index (χ2n) is 4.81. The summed E-state index contributed by atoms with van der Waals surface area (Å²) in [5.74, 6) is 1.01. The molecule has 0 aliphatic heterocycles. The summed E-state index contributed by atoms with van der Waals surface area (Å²) in [5.41, 5.74) is 10.2. The Morgan fingerprint density at radius 3 is 3.24 bits per heavy atom. The molecule has 0 fully saturated rings. The molecule has 3 N–H and O–H groups in total. The van der Waals surface area contributed by atoms with Crippen LogP contribution in [0.4, 0.5) is 0 Å². The van der Waals surface area contributed by atoms with E-state index in [1.165, 1.54) is 23.4 Å². The molecule has 4 heteroatoms. The van der Waals surface area contributed by atoms with Crippen LogP contribution >= 0.6 is 0 Å². The number of aromatic amines is 1. The van der Waals surface area contributed by atoms with Gasteiger partial charge in [0.15, 0.2) is 0 Å². The number of imidazole rings is 1. The lowest BCUT2D eigenvalue weighted by Gasteiger charge is -2.20. The second-order valence-corrected chi connectivity index (χ2v) is 4.81. The summed E-state index contributed by atoms with van der Waals surface area (Å²) in [6, 6.07) is 2.46. The average Bonchev–Trinajstić information content (AvgIpc) is 2.91. The molecule has 3 rings (SSSR count). The Balaban J connectivity index is 1.99. The molecule has 90 valence electrons. The number of fused-ring (bicyclic) bond motifs is 1. The third-order valence-corrected chi connectivity index (χ3v) is 3.64. The highest BCUT2D eigenvalue weighted by atomic mass is 15.0. The molecule has 1 aliphatic carbocycles. The number of nitrogens with zero attached hydrogens (tertiary/aromatic N) is 2. The normalized spacial score (nSPS) is 19.3. The molecule has 0 saturated heterocycles. The minimum Gasteiger partial charge on any atom is -0.347 e. The third kappa shape index (κ3) is 1.78. The van der Waals surface area contributed by atoms with E-state index in [0.29, 0.717) is 0 Å². The van der Waals surface area contributed by atoms with Crippen molar-refractivity contribution < 1.29 is 0 Å². The molecule has 0 amide bonds. The van der Waals surface area contributed by atoms with E-state index in [2.05, 4.69) is 27.5 Å². The van der Waals surface area contributed by atoms with Gasteiger partial charge < -0.3 is 15.3 Å². The zero-order valence-corrected chi connectivity index (χ0v) is 10.1. The number of H-pyrrole nitrogens is 1. The first-order valence-electron chi connectivity index (χ1n) is 6.18. The monoisotopic (exact) mass is 230 g/mol. The van der Waals surface area contributed by atoms with Crippen LogP contribution < -0.4 is 5.73 Å². The van der Waals surface area contributed by atoms with Crippen LogP contribution in [0.1, 0.15) is 41.7 Å². The molecule has 0 bridgehead atoms. The molecule has 2 aromatic rings. The van der Waals surface area contributed by atoms with Gasteiger partial charge in [-0.05, 0) is 37.8 Å². The van der Waals surface area contributed by atoms with Crippen LogP contribution in [0.15, 0.2) is 18.5 Å². The summed E-state index contributed by atoms with van der Waals surface area (Å²) < 4.78 is 2.34. The van der Waals surface area contributed by atoms with Crippen molar-refractivity contribution in [1.29, 1.82) is 0 Å². The van der Waals surface area contributed by atoms with E-state index in [1.807, 2.05) is 6.20 Å². The first kappa shape index (κ1) is 10.6. The molecular formula is C13H18N4. The molecule has 2 aromatic heterocycles. The summed E-state index contributed by atoms with van der Waals surface area (Å²) in [7, 11) is 0. The molecule has 0 spiro atoms. The number of hydrogen-bond donors (Lipinski definition) is 2. The number of aromatic nitrogens is 3. The van der Waals surface area contributed by atoms with Gasteiger partial charge in [-0.15, -0.1) is 0 Å². The van der Waals surface area contributed by atoms with Crippen molar-refractivity contribution in [2.45, 2.75) is 38.8 Å². The van der Waals surface area contributed by atoms with Gasteiger partial charge in [0.2, 0.25) is 0 Å². The van der Waals surface area contributed by atoms with Gasteiger partial charge in [0, 0.05) is 29.8 Å². The summed E-state index contributed by atoms with van der Waals surface area (Å²) in [6.07, 6.45) is 7.10. The summed E-state index contributed by atoms with van der Waals surface area (Å²) >= 11 is 0. The van der Waals surface area contributed by atoms with Gasteiger partial charge in [-0.1, -0.05) is 0 Å². The number of nitrogens with two attached hydrogens (primary N) is 1. The van der Waals surface area contributed by atoms with E-state index in [1.54, 1.807) is 6.20 Å². The molecule has 17 heavy (non-hydrogen) atoms. The Morgan fingerprint density at radius 1 is 1.59 bits per heavy atom. The van der Waals surface area contributed by atoms with Crippen LogP contribution in [0, 0.1) is 6.92 Å². The maximum Gasteiger partial charge on any atom is 0.126 e. The van der Waals surface area contributed by atoms with Crippen molar-refractivity contribution in [3.8, 4) is 0 Å². The largest absolute Gasteiger partial charge is 0.347 e. The molecule has 1 aliphatic rings. The minimum absolute atomic E-state index is 0.218. The molecule has 1 unspecified atom stereocenters. The van der Waals surface area contributed by atoms with Crippen molar-refractivity contribution in [3.05, 3.63) is 41.2 Å². The lowest BCUT2D eigenvalue weighted by Crippen LogP contribution is -2.18. The van der Waals surface area contributed by atoms with Crippen LogP contribution in [0.5, 0.6) is 0 Å². The lowest BCUT2D eigenvalue weighted by atomic mass is 9.93.